The minimum Gasteiger partial charge on any atom is -0.478 e. The van der Waals surface area contributed by atoms with Crippen molar-refractivity contribution in [2.75, 3.05) is 5.32 Å². The van der Waals surface area contributed by atoms with Gasteiger partial charge >= 0.3 is 5.97 Å². The number of carboxylic acids is 1. The molecule has 0 fully saturated rings. The largest absolute Gasteiger partial charge is 0.478 e. The first-order valence-electron chi connectivity index (χ1n) is 5.44. The van der Waals surface area contributed by atoms with Gasteiger partial charge in [0, 0.05) is 6.20 Å². The Morgan fingerprint density at radius 1 is 1.37 bits per heavy atom. The van der Waals surface area contributed by atoms with Gasteiger partial charge in [-0.3, -0.25) is 4.98 Å². The molecule has 98 valence electrons. The van der Waals surface area contributed by atoms with Crippen LogP contribution in [-0.4, -0.2) is 16.1 Å². The third kappa shape index (κ3) is 3.19. The Labute approximate surface area is 122 Å². The van der Waals surface area contributed by atoms with Crippen molar-refractivity contribution in [3.8, 4) is 0 Å². The Morgan fingerprint density at radius 2 is 2.16 bits per heavy atom. The summed E-state index contributed by atoms with van der Waals surface area (Å²) in [6, 6.07) is 7.75. The molecule has 0 amide bonds. The zero-order valence-corrected chi connectivity index (χ0v) is 11.9. The van der Waals surface area contributed by atoms with Gasteiger partial charge in [-0.25, -0.2) is 9.18 Å². The van der Waals surface area contributed by atoms with E-state index in [2.05, 4.69) is 10.3 Å². The Kier molecular flexibility index (Phi) is 4.31. The van der Waals surface area contributed by atoms with Gasteiger partial charge < -0.3 is 10.4 Å². The van der Waals surface area contributed by atoms with Gasteiger partial charge in [0.1, 0.15) is 5.82 Å². The van der Waals surface area contributed by atoms with Gasteiger partial charge in [0.05, 0.1) is 27.1 Å². The van der Waals surface area contributed by atoms with E-state index in [1.165, 1.54) is 18.3 Å². The molecule has 0 aliphatic heterocycles. The van der Waals surface area contributed by atoms with Crippen LogP contribution in [0.15, 0.2) is 36.5 Å². The number of benzene rings is 1. The maximum atomic E-state index is 13.4. The number of anilines is 1. The molecule has 2 N–H and O–H groups in total. The van der Waals surface area contributed by atoms with Crippen LogP contribution in [0.25, 0.3) is 0 Å². The summed E-state index contributed by atoms with van der Waals surface area (Å²) in [5.74, 6) is -1.34. The molecule has 1 heterocycles. The van der Waals surface area contributed by atoms with Crippen LogP contribution in [0.1, 0.15) is 16.1 Å². The van der Waals surface area contributed by atoms with Crippen molar-refractivity contribution in [3.63, 3.8) is 0 Å². The standard InChI is InChI=1S/C13H10FIN2O2/c14-9-4-1-5-10(12(9)15)17-7-11-8(13(18)19)3-2-6-16-11/h1-6,17H,7H2,(H,18,19). The summed E-state index contributed by atoms with van der Waals surface area (Å²) in [6.07, 6.45) is 1.53. The number of hydrogen-bond acceptors (Lipinski definition) is 3. The number of carbonyl (C=O) groups is 1. The molecular weight excluding hydrogens is 362 g/mol. The van der Waals surface area contributed by atoms with Gasteiger partial charge in [-0.05, 0) is 46.9 Å². The van der Waals surface area contributed by atoms with E-state index < -0.39 is 5.97 Å². The van der Waals surface area contributed by atoms with Crippen LogP contribution < -0.4 is 5.32 Å². The second-order valence-corrected chi connectivity index (χ2v) is 4.84. The van der Waals surface area contributed by atoms with Crippen LogP contribution in [0, 0.1) is 9.39 Å². The van der Waals surface area contributed by atoms with E-state index in [9.17, 15) is 9.18 Å². The highest BCUT2D eigenvalue weighted by Crippen LogP contribution is 2.21. The second-order valence-electron chi connectivity index (χ2n) is 3.76. The number of nitrogens with zero attached hydrogens (tertiary/aromatic N) is 1. The van der Waals surface area contributed by atoms with Gasteiger partial charge in [0.2, 0.25) is 0 Å². The Bertz CT molecular complexity index is 619. The topological polar surface area (TPSA) is 62.2 Å². The molecule has 0 spiro atoms. The molecule has 1 aromatic carbocycles. The second kappa shape index (κ2) is 5.96. The SMILES string of the molecule is O=C(O)c1cccnc1CNc1cccc(F)c1I. The quantitative estimate of drug-likeness (QED) is 0.810. The fraction of sp³-hybridized carbons (Fsp3) is 0.0769. The smallest absolute Gasteiger partial charge is 0.337 e. The van der Waals surface area contributed by atoms with Crippen molar-refractivity contribution < 1.29 is 14.3 Å². The van der Waals surface area contributed by atoms with E-state index in [1.54, 1.807) is 18.2 Å². The van der Waals surface area contributed by atoms with Crippen LogP contribution in [0.3, 0.4) is 0 Å². The molecule has 0 aliphatic rings. The third-order valence-corrected chi connectivity index (χ3v) is 3.61. The van der Waals surface area contributed by atoms with E-state index in [0.717, 1.165) is 0 Å². The third-order valence-electron chi connectivity index (χ3n) is 2.52. The monoisotopic (exact) mass is 372 g/mol. The van der Waals surface area contributed by atoms with E-state index in [1.807, 2.05) is 22.6 Å². The van der Waals surface area contributed by atoms with E-state index in [4.69, 9.17) is 5.11 Å². The Hall–Kier alpha value is -1.70. The average Bonchev–Trinajstić information content (AvgIpc) is 2.40. The van der Waals surface area contributed by atoms with Crippen LogP contribution in [0.4, 0.5) is 10.1 Å². The first kappa shape index (κ1) is 13.7. The highest BCUT2D eigenvalue weighted by molar-refractivity contribution is 14.1. The summed E-state index contributed by atoms with van der Waals surface area (Å²) < 4.78 is 13.8. The van der Waals surface area contributed by atoms with Crippen LogP contribution in [0.2, 0.25) is 0 Å². The molecule has 0 bridgehead atoms. The molecule has 6 heteroatoms. The van der Waals surface area contributed by atoms with Crippen molar-refractivity contribution in [3.05, 3.63) is 57.2 Å². The zero-order chi connectivity index (χ0) is 13.8. The number of carboxylic acid groups (broad SMARTS) is 1. The predicted molar refractivity (Wildman–Crippen MR) is 77.6 cm³/mol. The van der Waals surface area contributed by atoms with Gasteiger partial charge in [0.15, 0.2) is 0 Å². The average molecular weight is 372 g/mol. The molecule has 4 nitrogen and oxygen atoms in total. The summed E-state index contributed by atoms with van der Waals surface area (Å²) >= 11 is 1.90. The van der Waals surface area contributed by atoms with Gasteiger partial charge in [-0.15, -0.1) is 0 Å². The number of pyridine rings is 1. The lowest BCUT2D eigenvalue weighted by Crippen LogP contribution is -2.10. The highest BCUT2D eigenvalue weighted by atomic mass is 127. The summed E-state index contributed by atoms with van der Waals surface area (Å²) in [5, 5.41) is 12.0. The molecule has 0 unspecified atom stereocenters. The minimum absolute atomic E-state index is 0.140. The predicted octanol–water partition coefficient (Wildman–Crippen LogP) is 3.14. The van der Waals surface area contributed by atoms with E-state index >= 15 is 0 Å². The summed E-state index contributed by atoms with van der Waals surface area (Å²) in [7, 11) is 0. The Balaban J connectivity index is 2.19. The summed E-state index contributed by atoms with van der Waals surface area (Å²) in [4.78, 5) is 15.1. The number of hydrogen-bond donors (Lipinski definition) is 2. The van der Waals surface area contributed by atoms with Gasteiger partial charge in [-0.2, -0.15) is 0 Å². The first-order valence-corrected chi connectivity index (χ1v) is 6.52. The molecule has 0 saturated heterocycles. The number of nitrogens with one attached hydrogen (secondary N) is 1. The van der Waals surface area contributed by atoms with Crippen molar-refractivity contribution in [2.24, 2.45) is 0 Å². The molecular formula is C13H10FIN2O2. The fourth-order valence-electron chi connectivity index (χ4n) is 1.59. The summed E-state index contributed by atoms with van der Waals surface area (Å²) in [6.45, 7) is 0.224. The molecule has 1 aromatic heterocycles. The lowest BCUT2D eigenvalue weighted by Gasteiger charge is -2.10. The van der Waals surface area contributed by atoms with Crippen molar-refractivity contribution in [1.82, 2.24) is 4.98 Å². The normalized spacial score (nSPS) is 10.2. The van der Waals surface area contributed by atoms with Crippen LogP contribution in [-0.2, 0) is 6.54 Å². The van der Waals surface area contributed by atoms with Crippen molar-refractivity contribution in [2.45, 2.75) is 6.54 Å². The molecule has 0 radical (unpaired) electrons. The number of halogens is 2. The zero-order valence-electron chi connectivity index (χ0n) is 9.73. The number of aromatic nitrogens is 1. The lowest BCUT2D eigenvalue weighted by molar-refractivity contribution is 0.0695. The van der Waals surface area contributed by atoms with Crippen molar-refractivity contribution in [1.29, 1.82) is 0 Å². The highest BCUT2D eigenvalue weighted by Gasteiger charge is 2.11. The van der Waals surface area contributed by atoms with Gasteiger partial charge in [-0.1, -0.05) is 6.07 Å². The molecule has 0 atom stereocenters. The molecule has 19 heavy (non-hydrogen) atoms. The maximum Gasteiger partial charge on any atom is 0.337 e. The lowest BCUT2D eigenvalue weighted by atomic mass is 10.2. The Morgan fingerprint density at radius 3 is 2.89 bits per heavy atom. The van der Waals surface area contributed by atoms with E-state index in [-0.39, 0.29) is 17.9 Å². The minimum atomic E-state index is -1.03. The fourth-order valence-corrected chi connectivity index (χ4v) is 2.14. The number of aromatic carboxylic acids is 1. The van der Waals surface area contributed by atoms with Crippen LogP contribution >= 0.6 is 22.6 Å². The molecule has 2 rings (SSSR count). The number of rotatable bonds is 4. The summed E-state index contributed by atoms with van der Waals surface area (Å²) in [5.41, 5.74) is 1.17. The molecule has 2 aromatic rings. The molecule has 0 aliphatic carbocycles. The van der Waals surface area contributed by atoms with Gasteiger partial charge in [0.25, 0.3) is 0 Å². The first-order chi connectivity index (χ1) is 9.09. The van der Waals surface area contributed by atoms with Crippen molar-refractivity contribution >= 4 is 34.2 Å². The van der Waals surface area contributed by atoms with E-state index in [0.29, 0.717) is 15.0 Å². The van der Waals surface area contributed by atoms with Crippen LogP contribution in [0.5, 0.6) is 0 Å². The maximum absolute atomic E-state index is 13.4. The molecule has 0 saturated carbocycles.